The lowest BCUT2D eigenvalue weighted by Crippen LogP contribution is -2.37. The van der Waals surface area contributed by atoms with E-state index in [2.05, 4.69) is 20.0 Å². The predicted molar refractivity (Wildman–Crippen MR) is 144 cm³/mol. The first-order valence-electron chi connectivity index (χ1n) is 12.9. The molecule has 3 aromatic rings. The third kappa shape index (κ3) is 6.92. The van der Waals surface area contributed by atoms with Gasteiger partial charge >= 0.3 is 13.7 Å². The van der Waals surface area contributed by atoms with Gasteiger partial charge in [-0.25, -0.2) is 9.55 Å². The number of para-hydroxylation sites is 1. The first-order valence-corrected chi connectivity index (χ1v) is 14.4. The normalized spacial score (nSPS) is 22.7. The van der Waals surface area contributed by atoms with Crippen molar-refractivity contribution in [1.29, 1.82) is 5.26 Å². The zero-order valence-corrected chi connectivity index (χ0v) is 23.8. The molecule has 1 aliphatic rings. The second-order valence-corrected chi connectivity index (χ2v) is 11.1. The first-order chi connectivity index (χ1) is 19.5. The molecule has 0 amide bonds. The summed E-state index contributed by atoms with van der Waals surface area (Å²) in [5.41, 5.74) is 6.37. The van der Waals surface area contributed by atoms with Gasteiger partial charge < -0.3 is 29.6 Å². The standard InChI is InChI=1S/C25H32N7O8P/c1-5-36-22-19-21(29-25(27)30-22)32(13-28-19)23-17(11-26)20(33)18(39-23)12-37-41(35,40-16-9-7-6-8-10-16)31-15(4)24(34)38-14(2)3/h6-10,13-15,17-18,20,23,33H,5,12H2,1-4H3,(H,31,35)(H2,27,29,30)/t15-,17+,18+,20-,23+,41?/m0/s1. The highest BCUT2D eigenvalue weighted by Gasteiger charge is 2.47. The molecule has 41 heavy (non-hydrogen) atoms. The minimum absolute atomic E-state index is 0.0789. The maximum absolute atomic E-state index is 13.8. The Kier molecular flexibility index (Phi) is 9.42. The number of hydrogen-bond donors (Lipinski definition) is 3. The van der Waals surface area contributed by atoms with Crippen molar-refractivity contribution in [3.05, 3.63) is 36.7 Å². The largest absolute Gasteiger partial charge is 0.476 e. The molecule has 0 spiro atoms. The zero-order valence-electron chi connectivity index (χ0n) is 22.9. The Morgan fingerprint density at radius 1 is 1.29 bits per heavy atom. The lowest BCUT2D eigenvalue weighted by atomic mass is 10.0. The summed E-state index contributed by atoms with van der Waals surface area (Å²) >= 11 is 0. The number of esters is 1. The van der Waals surface area contributed by atoms with Gasteiger partial charge in [0.05, 0.1) is 31.7 Å². The minimum atomic E-state index is -4.24. The van der Waals surface area contributed by atoms with Crippen LogP contribution in [0, 0.1) is 17.2 Å². The van der Waals surface area contributed by atoms with E-state index in [0.29, 0.717) is 12.1 Å². The van der Waals surface area contributed by atoms with Gasteiger partial charge in [-0.05, 0) is 39.8 Å². The van der Waals surface area contributed by atoms with Crippen LogP contribution in [0.15, 0.2) is 36.7 Å². The minimum Gasteiger partial charge on any atom is -0.476 e. The Morgan fingerprint density at radius 2 is 2.02 bits per heavy atom. The number of nitrogen functional groups attached to an aromatic ring is 1. The highest BCUT2D eigenvalue weighted by Crippen LogP contribution is 2.46. The van der Waals surface area contributed by atoms with Crippen LogP contribution in [0.4, 0.5) is 5.95 Å². The van der Waals surface area contributed by atoms with Crippen molar-refractivity contribution in [3.8, 4) is 17.7 Å². The maximum Gasteiger partial charge on any atom is 0.459 e. The maximum atomic E-state index is 13.8. The number of anilines is 1. The van der Waals surface area contributed by atoms with Crippen molar-refractivity contribution in [3.63, 3.8) is 0 Å². The lowest BCUT2D eigenvalue weighted by Gasteiger charge is -2.25. The molecule has 1 fully saturated rings. The third-order valence-corrected chi connectivity index (χ3v) is 7.56. The Balaban J connectivity index is 1.56. The fourth-order valence-corrected chi connectivity index (χ4v) is 5.60. The molecule has 1 unspecified atom stereocenters. The number of nitrogens with one attached hydrogen (secondary N) is 1. The molecule has 3 heterocycles. The second kappa shape index (κ2) is 12.8. The number of benzene rings is 1. The van der Waals surface area contributed by atoms with Gasteiger partial charge in [0.1, 0.15) is 29.9 Å². The fraction of sp³-hybridized carbons (Fsp3) is 0.480. The van der Waals surface area contributed by atoms with E-state index in [9.17, 15) is 19.7 Å². The monoisotopic (exact) mass is 589 g/mol. The van der Waals surface area contributed by atoms with Crippen LogP contribution in [0.2, 0.25) is 0 Å². The number of nitrogens with zero attached hydrogens (tertiary/aromatic N) is 5. The number of nitriles is 1. The van der Waals surface area contributed by atoms with Gasteiger partial charge in [-0.3, -0.25) is 13.9 Å². The van der Waals surface area contributed by atoms with E-state index < -0.39 is 56.8 Å². The van der Waals surface area contributed by atoms with E-state index in [1.807, 2.05) is 6.07 Å². The van der Waals surface area contributed by atoms with E-state index in [4.69, 9.17) is 29.0 Å². The molecule has 0 saturated carbocycles. The van der Waals surface area contributed by atoms with Gasteiger partial charge in [-0.2, -0.15) is 20.3 Å². The smallest absolute Gasteiger partial charge is 0.459 e. The van der Waals surface area contributed by atoms with Crippen molar-refractivity contribution in [2.45, 2.75) is 58.3 Å². The molecular formula is C25H32N7O8P. The van der Waals surface area contributed by atoms with Gasteiger partial charge in [0, 0.05) is 0 Å². The van der Waals surface area contributed by atoms with Crippen molar-refractivity contribution >= 4 is 30.8 Å². The topological polar surface area (TPSA) is 206 Å². The number of hydrogen-bond acceptors (Lipinski definition) is 13. The van der Waals surface area contributed by atoms with E-state index in [-0.39, 0.29) is 23.2 Å². The van der Waals surface area contributed by atoms with Crippen LogP contribution in [0.25, 0.3) is 11.2 Å². The van der Waals surface area contributed by atoms with Crippen molar-refractivity contribution in [2.24, 2.45) is 5.92 Å². The van der Waals surface area contributed by atoms with Crippen LogP contribution in [0.3, 0.4) is 0 Å². The highest BCUT2D eigenvalue weighted by atomic mass is 31.2. The molecule has 0 aliphatic carbocycles. The summed E-state index contributed by atoms with van der Waals surface area (Å²) in [4.78, 5) is 24.9. The van der Waals surface area contributed by atoms with E-state index in [0.717, 1.165) is 0 Å². The SMILES string of the molecule is CCOc1nc(N)nc2c1ncn2[C@@H]1O[C@H](COP(=O)(N[C@@H](C)C(=O)OC(C)C)Oc2ccccc2)[C@@H](O)[C@H]1C#N. The number of aliphatic hydroxyl groups is 1. The van der Waals surface area contributed by atoms with Gasteiger partial charge in [-0.15, -0.1) is 0 Å². The van der Waals surface area contributed by atoms with Gasteiger partial charge in [-0.1, -0.05) is 18.2 Å². The quantitative estimate of drug-likeness (QED) is 0.205. The predicted octanol–water partition coefficient (Wildman–Crippen LogP) is 2.34. The van der Waals surface area contributed by atoms with Crippen LogP contribution in [0.1, 0.15) is 33.9 Å². The van der Waals surface area contributed by atoms with Crippen molar-refractivity contribution < 1.29 is 37.7 Å². The molecule has 4 rings (SSSR count). The molecule has 0 bridgehead atoms. The third-order valence-electron chi connectivity index (χ3n) is 5.92. The van der Waals surface area contributed by atoms with Crippen LogP contribution in [-0.2, 0) is 23.4 Å². The molecule has 220 valence electrons. The van der Waals surface area contributed by atoms with Crippen LogP contribution in [0.5, 0.6) is 11.6 Å². The average molecular weight is 590 g/mol. The molecule has 0 radical (unpaired) electrons. The summed E-state index contributed by atoms with van der Waals surface area (Å²) in [7, 11) is -4.24. The number of aromatic nitrogens is 4. The summed E-state index contributed by atoms with van der Waals surface area (Å²) < 4.78 is 43.2. The van der Waals surface area contributed by atoms with E-state index >= 15 is 0 Å². The molecule has 1 aliphatic heterocycles. The van der Waals surface area contributed by atoms with Crippen LogP contribution in [-0.4, -0.2) is 68.2 Å². The van der Waals surface area contributed by atoms with E-state index in [1.54, 1.807) is 51.1 Å². The zero-order chi connectivity index (χ0) is 29.7. The number of carbonyl (C=O) groups is 1. The van der Waals surface area contributed by atoms with Gasteiger partial charge in [0.15, 0.2) is 17.4 Å². The summed E-state index contributed by atoms with van der Waals surface area (Å²) in [6.07, 6.45) is -2.56. The molecule has 16 heteroatoms. The number of ether oxygens (including phenoxy) is 3. The summed E-state index contributed by atoms with van der Waals surface area (Å²) in [6, 6.07) is 9.19. The number of rotatable bonds is 12. The number of nitrogens with two attached hydrogens (primary N) is 1. The number of imidazole rings is 1. The molecule has 1 saturated heterocycles. The Labute approximate surface area is 236 Å². The first kappa shape index (κ1) is 30.2. The highest BCUT2D eigenvalue weighted by molar-refractivity contribution is 7.52. The number of fused-ring (bicyclic) bond motifs is 1. The van der Waals surface area contributed by atoms with Crippen LogP contribution < -0.4 is 20.1 Å². The molecule has 1 aromatic carbocycles. The lowest BCUT2D eigenvalue weighted by molar-refractivity contribution is -0.149. The molecule has 15 nitrogen and oxygen atoms in total. The molecule has 4 N–H and O–H groups in total. The summed E-state index contributed by atoms with van der Waals surface area (Å²) in [5.74, 6) is -1.46. The number of carbonyl (C=O) groups excluding carboxylic acids is 1. The summed E-state index contributed by atoms with van der Waals surface area (Å²) in [6.45, 7) is 6.44. The van der Waals surface area contributed by atoms with E-state index in [1.165, 1.54) is 17.8 Å². The average Bonchev–Trinajstić information content (AvgIpc) is 3.47. The molecule has 2 aromatic heterocycles. The number of aliphatic hydroxyl groups excluding tert-OH is 1. The Bertz CT molecular complexity index is 1450. The second-order valence-electron chi connectivity index (χ2n) is 9.39. The molecular weight excluding hydrogens is 557 g/mol. The Hall–Kier alpha value is -3.80. The fourth-order valence-electron chi connectivity index (χ4n) is 4.10. The molecule has 6 atom stereocenters. The van der Waals surface area contributed by atoms with Crippen molar-refractivity contribution in [2.75, 3.05) is 18.9 Å². The van der Waals surface area contributed by atoms with Gasteiger partial charge in [0.25, 0.3) is 0 Å². The van der Waals surface area contributed by atoms with Crippen LogP contribution >= 0.6 is 7.75 Å². The van der Waals surface area contributed by atoms with Crippen molar-refractivity contribution in [1.82, 2.24) is 24.6 Å². The summed E-state index contributed by atoms with van der Waals surface area (Å²) in [5, 5.41) is 23.4. The Morgan fingerprint density at radius 3 is 2.68 bits per heavy atom. The van der Waals surface area contributed by atoms with Gasteiger partial charge in [0.2, 0.25) is 11.8 Å².